The van der Waals surface area contributed by atoms with Crippen LogP contribution in [0.15, 0.2) is 18.2 Å². The quantitative estimate of drug-likeness (QED) is 0.851. The number of fused-ring (bicyclic) bond motifs is 1. The summed E-state index contributed by atoms with van der Waals surface area (Å²) in [7, 11) is 0. The Morgan fingerprint density at radius 2 is 2.19 bits per heavy atom. The molecule has 2 aromatic rings. The first-order valence-corrected chi connectivity index (χ1v) is 7.37. The van der Waals surface area contributed by atoms with Crippen LogP contribution in [0.5, 0.6) is 0 Å². The molecule has 1 aromatic carbocycles. The Kier molecular flexibility index (Phi) is 4.96. The van der Waals surface area contributed by atoms with Crippen molar-refractivity contribution in [3.8, 4) is 0 Å². The minimum atomic E-state index is -0.924. The van der Waals surface area contributed by atoms with Gasteiger partial charge in [0.05, 0.1) is 29.3 Å². The average Bonchev–Trinajstić information content (AvgIpc) is 2.76. The van der Waals surface area contributed by atoms with Crippen molar-refractivity contribution in [2.45, 2.75) is 46.3 Å². The van der Waals surface area contributed by atoms with Crippen LogP contribution in [0.3, 0.4) is 0 Å². The summed E-state index contributed by atoms with van der Waals surface area (Å²) in [5.74, 6) is 0.0639. The topological polar surface area (TPSA) is 64.3 Å². The number of hydrogen-bond acceptors (Lipinski definition) is 3. The van der Waals surface area contributed by atoms with Gasteiger partial charge in [-0.05, 0) is 38.5 Å². The molecule has 5 heteroatoms. The molecule has 2 rings (SSSR count). The Morgan fingerprint density at radius 3 is 2.81 bits per heavy atom. The number of benzene rings is 1. The van der Waals surface area contributed by atoms with Crippen molar-refractivity contribution in [3.63, 3.8) is 0 Å². The molecule has 0 fully saturated rings. The number of imidazole rings is 1. The molecule has 1 aromatic heterocycles. The molecule has 21 heavy (non-hydrogen) atoms. The molecule has 0 saturated heterocycles. The van der Waals surface area contributed by atoms with Crippen LogP contribution in [0.4, 0.5) is 0 Å². The van der Waals surface area contributed by atoms with Crippen molar-refractivity contribution in [1.82, 2.24) is 9.55 Å². The fraction of sp³-hybridized carbons (Fsp3) is 0.500. The SMILES string of the molecule is CCCc1nc2cc(C(=O)O)ccc2n1CCOC(C)C. The maximum Gasteiger partial charge on any atom is 0.335 e. The van der Waals surface area contributed by atoms with Crippen LogP contribution in [-0.4, -0.2) is 33.3 Å². The fourth-order valence-corrected chi connectivity index (χ4v) is 2.36. The first kappa shape index (κ1) is 15.5. The Bertz CT molecular complexity index is 632. The van der Waals surface area contributed by atoms with E-state index in [0.29, 0.717) is 6.61 Å². The van der Waals surface area contributed by atoms with E-state index in [9.17, 15) is 4.79 Å². The van der Waals surface area contributed by atoms with Gasteiger partial charge in [-0.2, -0.15) is 0 Å². The second-order valence-electron chi connectivity index (χ2n) is 5.36. The van der Waals surface area contributed by atoms with Crippen LogP contribution in [0.25, 0.3) is 11.0 Å². The van der Waals surface area contributed by atoms with Gasteiger partial charge in [-0.1, -0.05) is 6.92 Å². The van der Waals surface area contributed by atoms with Crippen molar-refractivity contribution in [3.05, 3.63) is 29.6 Å². The van der Waals surface area contributed by atoms with Gasteiger partial charge in [0.2, 0.25) is 0 Å². The van der Waals surface area contributed by atoms with Gasteiger partial charge < -0.3 is 14.4 Å². The average molecular weight is 290 g/mol. The third-order valence-corrected chi connectivity index (χ3v) is 3.31. The fourth-order valence-electron chi connectivity index (χ4n) is 2.36. The van der Waals surface area contributed by atoms with E-state index in [1.54, 1.807) is 12.1 Å². The highest BCUT2D eigenvalue weighted by Crippen LogP contribution is 2.19. The third-order valence-electron chi connectivity index (χ3n) is 3.31. The number of carboxylic acid groups (broad SMARTS) is 1. The first-order chi connectivity index (χ1) is 10.0. The van der Waals surface area contributed by atoms with Gasteiger partial charge in [-0.3, -0.25) is 0 Å². The van der Waals surface area contributed by atoms with E-state index in [-0.39, 0.29) is 11.7 Å². The molecule has 0 unspecified atom stereocenters. The summed E-state index contributed by atoms with van der Waals surface area (Å²) in [5, 5.41) is 9.07. The van der Waals surface area contributed by atoms with Crippen LogP contribution in [0, 0.1) is 0 Å². The van der Waals surface area contributed by atoms with E-state index < -0.39 is 5.97 Å². The Balaban J connectivity index is 2.35. The molecule has 5 nitrogen and oxygen atoms in total. The highest BCUT2D eigenvalue weighted by Gasteiger charge is 2.12. The predicted molar refractivity (Wildman–Crippen MR) is 81.8 cm³/mol. The normalized spacial score (nSPS) is 11.4. The molecule has 114 valence electrons. The number of aromatic nitrogens is 2. The smallest absolute Gasteiger partial charge is 0.335 e. The molecular formula is C16H22N2O3. The number of rotatable bonds is 7. The summed E-state index contributed by atoms with van der Waals surface area (Å²) < 4.78 is 7.75. The van der Waals surface area contributed by atoms with Crippen LogP contribution >= 0.6 is 0 Å². The number of carboxylic acids is 1. The zero-order valence-electron chi connectivity index (χ0n) is 12.8. The van der Waals surface area contributed by atoms with Crippen molar-refractivity contribution in [2.75, 3.05) is 6.61 Å². The largest absolute Gasteiger partial charge is 0.478 e. The van der Waals surface area contributed by atoms with E-state index in [4.69, 9.17) is 9.84 Å². The van der Waals surface area contributed by atoms with Gasteiger partial charge in [0.1, 0.15) is 5.82 Å². The summed E-state index contributed by atoms with van der Waals surface area (Å²) in [4.78, 5) is 15.6. The zero-order valence-corrected chi connectivity index (χ0v) is 12.8. The molecule has 1 heterocycles. The Hall–Kier alpha value is -1.88. The van der Waals surface area contributed by atoms with Crippen LogP contribution in [-0.2, 0) is 17.7 Å². The second-order valence-corrected chi connectivity index (χ2v) is 5.36. The third kappa shape index (κ3) is 3.61. The summed E-state index contributed by atoms with van der Waals surface area (Å²) in [6.07, 6.45) is 2.08. The lowest BCUT2D eigenvalue weighted by molar-refractivity contribution is 0.0696. The van der Waals surface area contributed by atoms with E-state index in [2.05, 4.69) is 16.5 Å². The van der Waals surface area contributed by atoms with Gasteiger partial charge >= 0.3 is 5.97 Å². The predicted octanol–water partition coefficient (Wildman–Crippen LogP) is 3.11. The van der Waals surface area contributed by atoms with Gasteiger partial charge in [-0.25, -0.2) is 9.78 Å². The van der Waals surface area contributed by atoms with E-state index >= 15 is 0 Å². The number of aryl methyl sites for hydroxylation is 1. The first-order valence-electron chi connectivity index (χ1n) is 7.37. The van der Waals surface area contributed by atoms with Gasteiger partial charge in [-0.15, -0.1) is 0 Å². The number of nitrogens with zero attached hydrogens (tertiary/aromatic N) is 2. The maximum absolute atomic E-state index is 11.1. The summed E-state index contributed by atoms with van der Waals surface area (Å²) in [6, 6.07) is 5.10. The molecule has 0 saturated carbocycles. The highest BCUT2D eigenvalue weighted by molar-refractivity contribution is 5.92. The summed E-state index contributed by atoms with van der Waals surface area (Å²) >= 11 is 0. The lowest BCUT2D eigenvalue weighted by Gasteiger charge is -2.11. The van der Waals surface area contributed by atoms with Crippen molar-refractivity contribution in [2.24, 2.45) is 0 Å². The van der Waals surface area contributed by atoms with Crippen molar-refractivity contribution < 1.29 is 14.6 Å². The van der Waals surface area contributed by atoms with Gasteiger partial charge in [0.25, 0.3) is 0 Å². The molecule has 0 atom stereocenters. The number of hydrogen-bond donors (Lipinski definition) is 1. The monoisotopic (exact) mass is 290 g/mol. The number of aromatic carboxylic acids is 1. The second kappa shape index (κ2) is 6.72. The van der Waals surface area contributed by atoms with Crippen molar-refractivity contribution in [1.29, 1.82) is 0 Å². The maximum atomic E-state index is 11.1. The minimum Gasteiger partial charge on any atom is -0.478 e. The molecule has 0 spiro atoms. The van der Waals surface area contributed by atoms with Crippen LogP contribution in [0.2, 0.25) is 0 Å². The van der Waals surface area contributed by atoms with Gasteiger partial charge in [0, 0.05) is 13.0 Å². The van der Waals surface area contributed by atoms with Gasteiger partial charge in [0.15, 0.2) is 0 Å². The van der Waals surface area contributed by atoms with E-state index in [0.717, 1.165) is 36.2 Å². The molecule has 1 N–H and O–H groups in total. The lowest BCUT2D eigenvalue weighted by Crippen LogP contribution is -2.12. The molecule has 0 aliphatic rings. The Morgan fingerprint density at radius 1 is 1.43 bits per heavy atom. The molecule has 0 amide bonds. The Labute approximate surface area is 124 Å². The molecule has 0 aliphatic carbocycles. The molecule has 0 radical (unpaired) electrons. The van der Waals surface area contributed by atoms with Crippen LogP contribution in [0.1, 0.15) is 43.4 Å². The highest BCUT2D eigenvalue weighted by atomic mass is 16.5. The van der Waals surface area contributed by atoms with Crippen LogP contribution < -0.4 is 0 Å². The van der Waals surface area contributed by atoms with E-state index in [1.165, 1.54) is 0 Å². The van der Waals surface area contributed by atoms with E-state index in [1.807, 2.05) is 19.9 Å². The standard InChI is InChI=1S/C16H22N2O3/c1-4-5-15-17-13-10-12(16(19)20)6-7-14(13)18(15)8-9-21-11(2)3/h6-7,10-11H,4-5,8-9H2,1-3H3,(H,19,20). The zero-order chi connectivity index (χ0) is 15.4. The number of carbonyl (C=O) groups is 1. The summed E-state index contributed by atoms with van der Waals surface area (Å²) in [5.41, 5.74) is 1.98. The molecule has 0 bridgehead atoms. The molecular weight excluding hydrogens is 268 g/mol. The number of ether oxygens (including phenoxy) is 1. The summed E-state index contributed by atoms with van der Waals surface area (Å²) in [6.45, 7) is 7.49. The lowest BCUT2D eigenvalue weighted by atomic mass is 10.2. The van der Waals surface area contributed by atoms with Crippen molar-refractivity contribution >= 4 is 17.0 Å². The molecule has 0 aliphatic heterocycles. The minimum absolute atomic E-state index is 0.202.